The third-order valence-electron chi connectivity index (χ3n) is 2.77. The number of hydrogen-bond acceptors (Lipinski definition) is 1. The quantitative estimate of drug-likeness (QED) is 0.623. The van der Waals surface area contributed by atoms with Gasteiger partial charge in [0.25, 0.3) is 0 Å². The fraction of sp³-hybridized carbons (Fsp3) is 0.500. The average Bonchev–Trinajstić information content (AvgIpc) is 2.32. The van der Waals surface area contributed by atoms with Crippen molar-refractivity contribution in [2.75, 3.05) is 7.05 Å². The molecule has 0 heterocycles. The maximum Gasteiger partial charge on any atom is 0.389 e. The van der Waals surface area contributed by atoms with Gasteiger partial charge in [-0.15, -0.1) is 0 Å². The van der Waals surface area contributed by atoms with Crippen molar-refractivity contribution in [3.8, 4) is 0 Å². The van der Waals surface area contributed by atoms with Crippen molar-refractivity contribution in [3.05, 3.63) is 33.8 Å². The molecule has 0 radical (unpaired) electrons. The highest BCUT2D eigenvalue weighted by atomic mass is 79.9. The van der Waals surface area contributed by atoms with E-state index in [0.29, 0.717) is 0 Å². The second-order valence-corrected chi connectivity index (χ2v) is 5.02. The van der Waals surface area contributed by atoms with E-state index in [1.54, 1.807) is 0 Å². The lowest BCUT2D eigenvalue weighted by Gasteiger charge is -2.18. The highest BCUT2D eigenvalue weighted by Crippen LogP contribution is 2.26. The van der Waals surface area contributed by atoms with Crippen LogP contribution in [0.25, 0.3) is 0 Å². The molecule has 0 aliphatic heterocycles. The lowest BCUT2D eigenvalue weighted by atomic mass is 10.0. The Labute approximate surface area is 116 Å². The highest BCUT2D eigenvalue weighted by molar-refractivity contribution is 9.10. The van der Waals surface area contributed by atoms with Gasteiger partial charge in [-0.3, -0.25) is 0 Å². The zero-order chi connectivity index (χ0) is 14.6. The Morgan fingerprint density at radius 2 is 1.89 bits per heavy atom. The molecule has 1 rings (SSSR count). The third-order valence-corrected chi connectivity index (χ3v) is 3.39. The van der Waals surface area contributed by atoms with Gasteiger partial charge in [-0.05, 0) is 48.0 Å². The summed E-state index contributed by atoms with van der Waals surface area (Å²) in [7, 11) is 1.47. The van der Waals surface area contributed by atoms with Gasteiger partial charge in [0.15, 0.2) is 0 Å². The summed E-state index contributed by atoms with van der Waals surface area (Å²) in [6, 6.07) is 1.66. The van der Waals surface area contributed by atoms with Crippen molar-refractivity contribution < 1.29 is 22.0 Å². The van der Waals surface area contributed by atoms with E-state index in [1.165, 1.54) is 13.1 Å². The van der Waals surface area contributed by atoms with Crippen LogP contribution >= 0.6 is 15.9 Å². The third kappa shape index (κ3) is 5.06. The fourth-order valence-electron chi connectivity index (χ4n) is 1.69. The molecule has 1 nitrogen and oxygen atoms in total. The van der Waals surface area contributed by atoms with Gasteiger partial charge in [0, 0.05) is 18.0 Å². The maximum atomic E-state index is 13.7. The lowest BCUT2D eigenvalue weighted by Crippen LogP contribution is -2.30. The van der Waals surface area contributed by atoms with E-state index < -0.39 is 30.3 Å². The fourth-order valence-corrected chi connectivity index (χ4v) is 2.06. The van der Waals surface area contributed by atoms with Crippen LogP contribution in [0.15, 0.2) is 16.6 Å². The highest BCUT2D eigenvalue weighted by Gasteiger charge is 2.28. The molecule has 0 spiro atoms. The summed E-state index contributed by atoms with van der Waals surface area (Å²) in [4.78, 5) is 0. The van der Waals surface area contributed by atoms with E-state index >= 15 is 0 Å². The van der Waals surface area contributed by atoms with Crippen LogP contribution < -0.4 is 5.32 Å². The minimum atomic E-state index is -4.27. The Hall–Kier alpha value is -0.690. The predicted molar refractivity (Wildman–Crippen MR) is 65.9 cm³/mol. The van der Waals surface area contributed by atoms with Crippen LogP contribution in [0, 0.1) is 11.6 Å². The normalized spacial score (nSPS) is 13.6. The summed E-state index contributed by atoms with van der Waals surface area (Å²) < 4.78 is 63.7. The van der Waals surface area contributed by atoms with Gasteiger partial charge >= 0.3 is 6.18 Å². The second-order valence-electron chi connectivity index (χ2n) is 4.17. The minimum absolute atomic E-state index is 0.0922. The Morgan fingerprint density at radius 1 is 1.26 bits per heavy atom. The standard InChI is InChI=1S/C12H13BrF5N/c1-19-7(4-5-12(16,17)18)6-8-10(14)3-2-9(13)11(8)15/h2-3,7,19H,4-6H2,1H3. The molecule has 0 aliphatic rings. The number of alkyl halides is 3. The van der Waals surface area contributed by atoms with Crippen molar-refractivity contribution in [2.45, 2.75) is 31.5 Å². The first-order valence-electron chi connectivity index (χ1n) is 5.61. The molecule has 0 saturated carbocycles. The molecule has 0 fully saturated rings. The first-order chi connectivity index (χ1) is 8.74. The number of nitrogens with one attached hydrogen (secondary N) is 1. The van der Waals surface area contributed by atoms with E-state index in [0.717, 1.165) is 6.07 Å². The average molecular weight is 346 g/mol. The van der Waals surface area contributed by atoms with Crippen LogP contribution in [-0.4, -0.2) is 19.3 Å². The summed E-state index contributed by atoms with van der Waals surface area (Å²) >= 11 is 2.92. The minimum Gasteiger partial charge on any atom is -0.317 e. The van der Waals surface area contributed by atoms with Crippen LogP contribution in [0.1, 0.15) is 18.4 Å². The molecule has 108 valence electrons. The number of likely N-dealkylation sites (N-methyl/N-ethyl adjacent to an activating group) is 1. The van der Waals surface area contributed by atoms with E-state index in [2.05, 4.69) is 21.2 Å². The summed E-state index contributed by atoms with van der Waals surface area (Å²) in [5, 5.41) is 2.65. The van der Waals surface area contributed by atoms with E-state index in [1.807, 2.05) is 0 Å². The molecule has 1 atom stereocenters. The molecular formula is C12H13BrF5N. The second kappa shape index (κ2) is 6.65. The Bertz CT molecular complexity index is 433. The molecule has 1 unspecified atom stereocenters. The summed E-state index contributed by atoms with van der Waals surface area (Å²) in [6.45, 7) is 0. The molecule has 0 amide bonds. The molecule has 0 aromatic heterocycles. The first-order valence-corrected chi connectivity index (χ1v) is 6.40. The summed E-state index contributed by atoms with van der Waals surface area (Å²) in [5.74, 6) is -1.53. The molecule has 0 aliphatic carbocycles. The van der Waals surface area contributed by atoms with Gasteiger partial charge in [0.05, 0.1) is 4.47 Å². The van der Waals surface area contributed by atoms with Crippen LogP contribution in [0.3, 0.4) is 0 Å². The molecule has 1 aromatic carbocycles. The number of halogens is 6. The molecule has 1 N–H and O–H groups in total. The van der Waals surface area contributed by atoms with Crippen molar-refractivity contribution in [3.63, 3.8) is 0 Å². The molecule has 1 aromatic rings. The Balaban J connectivity index is 2.79. The summed E-state index contributed by atoms with van der Waals surface area (Å²) in [5.41, 5.74) is -0.212. The van der Waals surface area contributed by atoms with E-state index in [9.17, 15) is 22.0 Å². The zero-order valence-electron chi connectivity index (χ0n) is 10.1. The number of rotatable bonds is 5. The molecule has 19 heavy (non-hydrogen) atoms. The zero-order valence-corrected chi connectivity index (χ0v) is 11.7. The van der Waals surface area contributed by atoms with E-state index in [-0.39, 0.29) is 22.9 Å². The van der Waals surface area contributed by atoms with Crippen molar-refractivity contribution in [2.24, 2.45) is 0 Å². The molecular weight excluding hydrogens is 333 g/mol. The van der Waals surface area contributed by atoms with Crippen molar-refractivity contribution in [1.29, 1.82) is 0 Å². The van der Waals surface area contributed by atoms with Crippen LogP contribution in [0.5, 0.6) is 0 Å². The van der Waals surface area contributed by atoms with Crippen molar-refractivity contribution >= 4 is 15.9 Å². The number of benzene rings is 1. The SMILES string of the molecule is CNC(CCC(F)(F)F)Cc1c(F)ccc(Br)c1F. The predicted octanol–water partition coefficient (Wildman–Crippen LogP) is 4.20. The smallest absolute Gasteiger partial charge is 0.317 e. The first kappa shape index (κ1) is 16.4. The maximum absolute atomic E-state index is 13.7. The van der Waals surface area contributed by atoms with Gasteiger partial charge in [0.2, 0.25) is 0 Å². The Morgan fingerprint density at radius 3 is 2.42 bits per heavy atom. The van der Waals surface area contributed by atoms with Gasteiger partial charge in [0.1, 0.15) is 11.6 Å². The van der Waals surface area contributed by atoms with E-state index in [4.69, 9.17) is 0 Å². The monoisotopic (exact) mass is 345 g/mol. The van der Waals surface area contributed by atoms with Crippen molar-refractivity contribution in [1.82, 2.24) is 5.32 Å². The number of hydrogen-bond donors (Lipinski definition) is 1. The van der Waals surface area contributed by atoms with Gasteiger partial charge < -0.3 is 5.32 Å². The lowest BCUT2D eigenvalue weighted by molar-refractivity contribution is -0.136. The van der Waals surface area contributed by atoms with Gasteiger partial charge in [-0.1, -0.05) is 0 Å². The van der Waals surface area contributed by atoms with Crippen LogP contribution in [0.4, 0.5) is 22.0 Å². The topological polar surface area (TPSA) is 12.0 Å². The molecule has 7 heteroatoms. The molecule has 0 saturated heterocycles. The van der Waals surface area contributed by atoms with Gasteiger partial charge in [-0.25, -0.2) is 8.78 Å². The summed E-state index contributed by atoms with van der Waals surface area (Å²) in [6.07, 6.45) is -5.63. The Kier molecular flexibility index (Phi) is 5.73. The molecule has 0 bridgehead atoms. The van der Waals surface area contributed by atoms with Crippen LogP contribution in [0.2, 0.25) is 0 Å². The van der Waals surface area contributed by atoms with Gasteiger partial charge in [-0.2, -0.15) is 13.2 Å². The van der Waals surface area contributed by atoms with Crippen LogP contribution in [-0.2, 0) is 6.42 Å². The largest absolute Gasteiger partial charge is 0.389 e.